The predicted octanol–water partition coefficient (Wildman–Crippen LogP) is 5.03. The Morgan fingerprint density at radius 1 is 1.33 bits per heavy atom. The van der Waals surface area contributed by atoms with E-state index in [9.17, 15) is 13.6 Å². The van der Waals surface area contributed by atoms with Crippen molar-refractivity contribution in [2.24, 2.45) is 0 Å². The van der Waals surface area contributed by atoms with Gasteiger partial charge in [0.25, 0.3) is 12.3 Å². The van der Waals surface area contributed by atoms with E-state index in [4.69, 9.17) is 11.6 Å². The van der Waals surface area contributed by atoms with Crippen LogP contribution in [-0.4, -0.2) is 58.5 Å². The van der Waals surface area contributed by atoms with Gasteiger partial charge in [0.2, 0.25) is 0 Å². The zero-order valence-electron chi connectivity index (χ0n) is 18.1. The van der Waals surface area contributed by atoms with Crippen LogP contribution >= 0.6 is 34.3 Å². The third-order valence-corrected chi connectivity index (χ3v) is 7.47. The van der Waals surface area contributed by atoms with Crippen LogP contribution in [0.15, 0.2) is 17.6 Å². The number of carbonyl (C=O) groups is 1. The van der Waals surface area contributed by atoms with Gasteiger partial charge in [0.15, 0.2) is 5.13 Å². The SMILES string of the molecule is Cc1nc(Nc2ncc(C(=O)Nc3c(C(F)F)csc3Cl)s2)cc(N2CCN(C)C(C)C2)n1. The molecule has 1 saturated heterocycles. The largest absolute Gasteiger partial charge is 0.354 e. The molecular weight excluding hydrogens is 492 g/mol. The maximum Gasteiger partial charge on any atom is 0.267 e. The monoisotopic (exact) mass is 513 g/mol. The summed E-state index contributed by atoms with van der Waals surface area (Å²) in [6.07, 6.45) is -1.36. The second-order valence-corrected chi connectivity index (χ2v) is 10.2. The van der Waals surface area contributed by atoms with Crippen LogP contribution in [0.1, 0.15) is 34.4 Å². The number of hydrogen-bond donors (Lipinski definition) is 2. The van der Waals surface area contributed by atoms with Crippen LogP contribution in [0.25, 0.3) is 0 Å². The fraction of sp³-hybridized carbons (Fsp3) is 0.400. The molecule has 4 rings (SSSR count). The lowest BCUT2D eigenvalue weighted by Crippen LogP contribution is -2.50. The zero-order valence-corrected chi connectivity index (χ0v) is 20.5. The highest BCUT2D eigenvalue weighted by atomic mass is 35.5. The smallest absolute Gasteiger partial charge is 0.267 e. The Balaban J connectivity index is 1.47. The number of hydrogen-bond acceptors (Lipinski definition) is 9. The van der Waals surface area contributed by atoms with Crippen LogP contribution in [0.2, 0.25) is 4.34 Å². The first kappa shape index (κ1) is 23.7. The third-order valence-electron chi connectivity index (χ3n) is 5.32. The molecule has 0 aliphatic carbocycles. The molecule has 13 heteroatoms. The van der Waals surface area contributed by atoms with Crippen molar-refractivity contribution in [1.82, 2.24) is 19.9 Å². The van der Waals surface area contributed by atoms with Crippen molar-refractivity contribution < 1.29 is 13.6 Å². The minimum atomic E-state index is -2.73. The molecule has 1 fully saturated rings. The Morgan fingerprint density at radius 2 is 2.12 bits per heavy atom. The number of thiophene rings is 1. The molecule has 1 amide bonds. The number of halogens is 3. The van der Waals surface area contributed by atoms with Gasteiger partial charge in [-0.15, -0.1) is 11.3 Å². The number of aromatic nitrogens is 3. The van der Waals surface area contributed by atoms with E-state index in [-0.39, 0.29) is 20.5 Å². The maximum absolute atomic E-state index is 13.1. The molecule has 8 nitrogen and oxygen atoms in total. The lowest BCUT2D eigenvalue weighted by atomic mass is 10.2. The molecule has 1 atom stereocenters. The number of piperazine rings is 1. The second-order valence-electron chi connectivity index (χ2n) is 7.68. The van der Waals surface area contributed by atoms with Crippen molar-refractivity contribution in [1.29, 1.82) is 0 Å². The number of anilines is 4. The molecule has 0 saturated carbocycles. The van der Waals surface area contributed by atoms with Gasteiger partial charge < -0.3 is 20.4 Å². The molecule has 1 aliphatic rings. The van der Waals surface area contributed by atoms with Crippen molar-refractivity contribution in [3.8, 4) is 0 Å². The standard InChI is InChI=1S/C20H22ClF2N7OS2/c1-10-8-30(5-4-29(10)3)15-6-14(25-11(2)26-15)27-20-24-7-13(33-20)19(31)28-16-12(18(22)23)9-32-17(16)21/h6-7,9-10,18H,4-5,8H2,1-3H3,(H,28,31)(H,24,25,26,27). The van der Waals surface area contributed by atoms with Crippen LogP contribution < -0.4 is 15.5 Å². The zero-order chi connectivity index (χ0) is 23.7. The van der Waals surface area contributed by atoms with Gasteiger partial charge in [-0.2, -0.15) is 0 Å². The van der Waals surface area contributed by atoms with Gasteiger partial charge in [-0.25, -0.2) is 23.7 Å². The topological polar surface area (TPSA) is 86.3 Å². The number of nitrogens with zero attached hydrogens (tertiary/aromatic N) is 5. The molecular formula is C20H22ClF2N7OS2. The average molecular weight is 514 g/mol. The van der Waals surface area contributed by atoms with E-state index in [0.717, 1.165) is 48.1 Å². The van der Waals surface area contributed by atoms with Crippen molar-refractivity contribution in [2.45, 2.75) is 26.3 Å². The van der Waals surface area contributed by atoms with Crippen molar-refractivity contribution >= 4 is 62.6 Å². The molecule has 0 radical (unpaired) electrons. The molecule has 3 aromatic rings. The van der Waals surface area contributed by atoms with Gasteiger partial charge in [-0.05, 0) is 20.9 Å². The molecule has 4 heterocycles. The van der Waals surface area contributed by atoms with Gasteiger partial charge in [0.1, 0.15) is 26.7 Å². The number of carbonyl (C=O) groups excluding carboxylic acids is 1. The Bertz CT molecular complexity index is 1160. The van der Waals surface area contributed by atoms with Crippen molar-refractivity contribution in [2.75, 3.05) is 42.2 Å². The molecule has 2 N–H and O–H groups in total. The molecule has 33 heavy (non-hydrogen) atoms. The van der Waals surface area contributed by atoms with Crippen LogP contribution in [-0.2, 0) is 0 Å². The highest BCUT2D eigenvalue weighted by molar-refractivity contribution is 7.17. The first-order valence-corrected chi connectivity index (χ1v) is 12.2. The summed E-state index contributed by atoms with van der Waals surface area (Å²) in [4.78, 5) is 30.6. The van der Waals surface area contributed by atoms with Gasteiger partial charge in [-0.1, -0.05) is 22.9 Å². The van der Waals surface area contributed by atoms with E-state index in [1.165, 1.54) is 11.6 Å². The summed E-state index contributed by atoms with van der Waals surface area (Å²) in [7, 11) is 2.11. The van der Waals surface area contributed by atoms with Crippen LogP contribution in [0, 0.1) is 6.92 Å². The quantitative estimate of drug-likeness (QED) is 0.478. The van der Waals surface area contributed by atoms with Gasteiger partial charge in [0, 0.05) is 37.1 Å². The summed E-state index contributed by atoms with van der Waals surface area (Å²) in [6, 6.07) is 2.26. The normalized spacial score (nSPS) is 16.9. The van der Waals surface area contributed by atoms with E-state index >= 15 is 0 Å². The fourth-order valence-electron chi connectivity index (χ4n) is 3.38. The summed E-state index contributed by atoms with van der Waals surface area (Å²) < 4.78 is 26.4. The molecule has 0 bridgehead atoms. The minimum Gasteiger partial charge on any atom is -0.354 e. The maximum atomic E-state index is 13.1. The first-order chi connectivity index (χ1) is 15.7. The number of thiazole rings is 1. The molecule has 1 unspecified atom stereocenters. The Kier molecular flexibility index (Phi) is 7.07. The Labute approximate surface area is 202 Å². The number of likely N-dealkylation sites (N-methyl/N-ethyl adjacent to an activating group) is 1. The second kappa shape index (κ2) is 9.84. The first-order valence-electron chi connectivity index (χ1n) is 10.1. The minimum absolute atomic E-state index is 0.0675. The number of nitrogens with one attached hydrogen (secondary N) is 2. The summed E-state index contributed by atoms with van der Waals surface area (Å²) in [5.41, 5.74) is -0.370. The molecule has 0 spiro atoms. The lowest BCUT2D eigenvalue weighted by molar-refractivity contribution is 0.102. The van der Waals surface area contributed by atoms with E-state index in [1.54, 1.807) is 0 Å². The van der Waals surface area contributed by atoms with Crippen LogP contribution in [0.5, 0.6) is 0 Å². The van der Waals surface area contributed by atoms with Gasteiger partial charge in [0.05, 0.1) is 17.4 Å². The van der Waals surface area contributed by atoms with Gasteiger partial charge in [-0.3, -0.25) is 4.79 Å². The number of alkyl halides is 2. The van der Waals surface area contributed by atoms with Crippen molar-refractivity contribution in [3.63, 3.8) is 0 Å². The predicted molar refractivity (Wildman–Crippen MR) is 129 cm³/mol. The lowest BCUT2D eigenvalue weighted by Gasteiger charge is -2.38. The summed E-state index contributed by atoms with van der Waals surface area (Å²) >= 11 is 8.00. The number of aryl methyl sites for hydroxylation is 1. The van der Waals surface area contributed by atoms with E-state index in [0.29, 0.717) is 22.8 Å². The highest BCUT2D eigenvalue weighted by Crippen LogP contribution is 2.39. The Hall–Kier alpha value is -2.41. The highest BCUT2D eigenvalue weighted by Gasteiger charge is 2.23. The summed E-state index contributed by atoms with van der Waals surface area (Å²) in [5.74, 6) is 1.44. The van der Waals surface area contributed by atoms with E-state index in [1.807, 2.05) is 13.0 Å². The number of amides is 1. The van der Waals surface area contributed by atoms with Crippen LogP contribution in [0.4, 0.5) is 31.2 Å². The molecule has 3 aromatic heterocycles. The third kappa shape index (κ3) is 5.40. The van der Waals surface area contributed by atoms with E-state index < -0.39 is 12.3 Å². The Morgan fingerprint density at radius 3 is 2.85 bits per heavy atom. The summed E-state index contributed by atoms with van der Waals surface area (Å²) in [6.45, 7) is 6.66. The molecule has 1 aliphatic heterocycles. The fourth-order valence-corrected chi connectivity index (χ4v) is 5.13. The summed E-state index contributed by atoms with van der Waals surface area (Å²) in [5, 5.41) is 7.26. The van der Waals surface area contributed by atoms with Crippen LogP contribution in [0.3, 0.4) is 0 Å². The van der Waals surface area contributed by atoms with E-state index in [2.05, 4.69) is 49.4 Å². The van der Waals surface area contributed by atoms with Gasteiger partial charge >= 0.3 is 0 Å². The molecule has 176 valence electrons. The van der Waals surface area contributed by atoms with Crippen molar-refractivity contribution in [3.05, 3.63) is 38.2 Å². The average Bonchev–Trinajstić information content (AvgIpc) is 3.36. The molecule has 0 aromatic carbocycles. The number of rotatable bonds is 6.